The van der Waals surface area contributed by atoms with E-state index in [0.717, 1.165) is 66.4 Å². The van der Waals surface area contributed by atoms with E-state index in [9.17, 15) is 10.1 Å². The first-order valence-corrected chi connectivity index (χ1v) is 12.3. The predicted octanol–water partition coefficient (Wildman–Crippen LogP) is 4.41. The minimum atomic E-state index is -0.487. The summed E-state index contributed by atoms with van der Waals surface area (Å²) in [6.07, 6.45) is 5.55. The molecule has 0 spiro atoms. The molecule has 5 rings (SSSR count). The van der Waals surface area contributed by atoms with Gasteiger partial charge < -0.3 is 10.6 Å². The van der Waals surface area contributed by atoms with Crippen molar-refractivity contribution in [1.82, 2.24) is 14.9 Å². The number of hydrogen-bond donors (Lipinski definition) is 1. The van der Waals surface area contributed by atoms with Gasteiger partial charge in [0.25, 0.3) is 0 Å². The number of hydrogen-bond acceptors (Lipinski definition) is 6. The third kappa shape index (κ3) is 5.20. The second-order valence-corrected chi connectivity index (χ2v) is 9.26. The molecular weight excluding hydrogens is 460 g/mol. The van der Waals surface area contributed by atoms with Crippen LogP contribution in [0.4, 0.5) is 5.82 Å². The molecule has 2 N–H and O–H groups in total. The number of piperazine rings is 1. The number of anilines is 1. The lowest BCUT2D eigenvalue weighted by molar-refractivity contribution is 0.100. The van der Waals surface area contributed by atoms with Gasteiger partial charge in [-0.2, -0.15) is 5.26 Å². The molecule has 2 aromatic carbocycles. The molecule has 37 heavy (non-hydrogen) atoms. The highest BCUT2D eigenvalue weighted by Crippen LogP contribution is 2.38. The maximum Gasteiger partial charge on any atom is 0.249 e. The van der Waals surface area contributed by atoms with Crippen molar-refractivity contribution < 1.29 is 4.79 Å². The van der Waals surface area contributed by atoms with Gasteiger partial charge in [0.15, 0.2) is 0 Å². The molecular formula is C30H28N6O. The first kappa shape index (κ1) is 24.2. The van der Waals surface area contributed by atoms with Crippen LogP contribution in [0, 0.1) is 18.3 Å². The standard InChI is InChI=1S/C30H28N6O/c1-21-4-10-26(30(32)37)29(28(21)24-7-5-22(17-31)6-8-24)25-9-11-27(34-19-25)36-15-13-35(14-16-36)20-23-3-2-12-33-18-23/h2-12,18-19H,13-16,20H2,1H3,(H2,32,37). The number of carbonyl (C=O) groups excluding carboxylic acids is 1. The number of amides is 1. The smallest absolute Gasteiger partial charge is 0.249 e. The fourth-order valence-corrected chi connectivity index (χ4v) is 4.90. The molecule has 4 aromatic rings. The predicted molar refractivity (Wildman–Crippen MR) is 145 cm³/mol. The number of aryl methyl sites for hydroxylation is 1. The van der Waals surface area contributed by atoms with Crippen molar-refractivity contribution in [1.29, 1.82) is 5.26 Å². The Hall–Kier alpha value is -4.54. The first-order valence-electron chi connectivity index (χ1n) is 12.3. The van der Waals surface area contributed by atoms with Gasteiger partial charge in [-0.1, -0.05) is 24.3 Å². The molecule has 0 atom stereocenters. The number of nitriles is 1. The zero-order chi connectivity index (χ0) is 25.8. The topological polar surface area (TPSA) is 99.1 Å². The fraction of sp³-hybridized carbons (Fsp3) is 0.200. The lowest BCUT2D eigenvalue weighted by Gasteiger charge is -2.35. The van der Waals surface area contributed by atoms with Crippen LogP contribution in [0.2, 0.25) is 0 Å². The maximum absolute atomic E-state index is 12.4. The second-order valence-electron chi connectivity index (χ2n) is 9.26. The van der Waals surface area contributed by atoms with Crippen LogP contribution in [0.25, 0.3) is 22.3 Å². The molecule has 1 aliphatic heterocycles. The van der Waals surface area contributed by atoms with Gasteiger partial charge in [0.2, 0.25) is 5.91 Å². The molecule has 7 nitrogen and oxygen atoms in total. The van der Waals surface area contributed by atoms with Crippen LogP contribution in [-0.2, 0) is 6.54 Å². The minimum absolute atomic E-state index is 0.448. The Morgan fingerprint density at radius 2 is 1.70 bits per heavy atom. The normalized spacial score (nSPS) is 13.8. The third-order valence-electron chi connectivity index (χ3n) is 6.84. The van der Waals surface area contributed by atoms with Crippen LogP contribution < -0.4 is 10.6 Å². The lowest BCUT2D eigenvalue weighted by Crippen LogP contribution is -2.46. The van der Waals surface area contributed by atoms with Crippen molar-refractivity contribution in [2.45, 2.75) is 13.5 Å². The van der Waals surface area contributed by atoms with Crippen molar-refractivity contribution in [3.05, 3.63) is 102 Å². The quantitative estimate of drug-likeness (QED) is 0.432. The van der Waals surface area contributed by atoms with Gasteiger partial charge in [0.05, 0.1) is 11.6 Å². The summed E-state index contributed by atoms with van der Waals surface area (Å²) in [5.41, 5.74) is 12.5. The Labute approximate surface area is 216 Å². The number of rotatable bonds is 6. The fourth-order valence-electron chi connectivity index (χ4n) is 4.90. The summed E-state index contributed by atoms with van der Waals surface area (Å²) in [4.78, 5) is 26.1. The third-order valence-corrected chi connectivity index (χ3v) is 6.84. The van der Waals surface area contributed by atoms with Gasteiger partial charge in [-0.25, -0.2) is 4.98 Å². The average Bonchev–Trinajstić information content (AvgIpc) is 2.94. The Bertz CT molecular complexity index is 1430. The highest BCUT2D eigenvalue weighted by Gasteiger charge is 2.21. The summed E-state index contributed by atoms with van der Waals surface area (Å²) in [5.74, 6) is 0.427. The van der Waals surface area contributed by atoms with E-state index in [1.165, 1.54) is 5.56 Å². The molecule has 0 saturated carbocycles. The van der Waals surface area contributed by atoms with Crippen LogP contribution >= 0.6 is 0 Å². The highest BCUT2D eigenvalue weighted by molar-refractivity contribution is 6.04. The van der Waals surface area contributed by atoms with Crippen molar-refractivity contribution >= 4 is 11.7 Å². The number of pyridine rings is 2. The Morgan fingerprint density at radius 1 is 0.946 bits per heavy atom. The minimum Gasteiger partial charge on any atom is -0.366 e. The van der Waals surface area contributed by atoms with E-state index < -0.39 is 5.91 Å². The van der Waals surface area contributed by atoms with Gasteiger partial charge in [-0.05, 0) is 65.6 Å². The van der Waals surface area contributed by atoms with Gasteiger partial charge >= 0.3 is 0 Å². The van der Waals surface area contributed by atoms with Gasteiger partial charge in [-0.3, -0.25) is 14.7 Å². The van der Waals surface area contributed by atoms with Crippen LogP contribution in [0.1, 0.15) is 27.0 Å². The first-order chi connectivity index (χ1) is 18.0. The molecule has 2 aromatic heterocycles. The molecule has 184 valence electrons. The zero-order valence-electron chi connectivity index (χ0n) is 20.8. The molecule has 0 aliphatic carbocycles. The van der Waals surface area contributed by atoms with Crippen molar-refractivity contribution in [2.24, 2.45) is 5.73 Å². The average molecular weight is 489 g/mol. The molecule has 1 amide bonds. The van der Waals surface area contributed by atoms with Crippen LogP contribution in [0.15, 0.2) is 79.3 Å². The van der Waals surface area contributed by atoms with Crippen LogP contribution in [0.3, 0.4) is 0 Å². The molecule has 0 unspecified atom stereocenters. The lowest BCUT2D eigenvalue weighted by atomic mass is 9.87. The molecule has 1 fully saturated rings. The molecule has 1 aliphatic rings. The molecule has 3 heterocycles. The highest BCUT2D eigenvalue weighted by atomic mass is 16.1. The molecule has 0 radical (unpaired) electrons. The van der Waals surface area contributed by atoms with Crippen LogP contribution in [0.5, 0.6) is 0 Å². The Morgan fingerprint density at radius 3 is 2.32 bits per heavy atom. The van der Waals surface area contributed by atoms with E-state index in [2.05, 4.69) is 26.9 Å². The zero-order valence-corrected chi connectivity index (χ0v) is 20.8. The van der Waals surface area contributed by atoms with Gasteiger partial charge in [0.1, 0.15) is 5.82 Å². The number of aromatic nitrogens is 2. The number of benzene rings is 2. The number of nitrogens with two attached hydrogens (primary N) is 1. The Kier molecular flexibility index (Phi) is 6.93. The largest absolute Gasteiger partial charge is 0.366 e. The second kappa shape index (κ2) is 10.6. The summed E-state index contributed by atoms with van der Waals surface area (Å²) >= 11 is 0. The summed E-state index contributed by atoms with van der Waals surface area (Å²) < 4.78 is 0. The summed E-state index contributed by atoms with van der Waals surface area (Å²) in [6.45, 7) is 6.58. The monoisotopic (exact) mass is 488 g/mol. The van der Waals surface area contributed by atoms with Crippen molar-refractivity contribution in [3.63, 3.8) is 0 Å². The van der Waals surface area contributed by atoms with E-state index in [4.69, 9.17) is 10.7 Å². The van der Waals surface area contributed by atoms with Gasteiger partial charge in [-0.15, -0.1) is 0 Å². The van der Waals surface area contributed by atoms with Crippen molar-refractivity contribution in [2.75, 3.05) is 31.1 Å². The maximum atomic E-state index is 12.4. The number of nitrogens with zero attached hydrogens (tertiary/aromatic N) is 5. The molecule has 0 bridgehead atoms. The van der Waals surface area contributed by atoms with E-state index in [1.54, 1.807) is 24.4 Å². The number of primary amides is 1. The summed E-state index contributed by atoms with van der Waals surface area (Å²) in [5, 5.41) is 9.19. The molecule has 7 heteroatoms. The van der Waals surface area contributed by atoms with E-state index in [0.29, 0.717) is 11.1 Å². The van der Waals surface area contributed by atoms with Crippen molar-refractivity contribution in [3.8, 4) is 28.3 Å². The van der Waals surface area contributed by atoms with Crippen LogP contribution in [-0.4, -0.2) is 47.0 Å². The number of carbonyl (C=O) groups is 1. The van der Waals surface area contributed by atoms with E-state index >= 15 is 0 Å². The summed E-state index contributed by atoms with van der Waals surface area (Å²) in [6, 6.07) is 21.3. The van der Waals surface area contributed by atoms with Gasteiger partial charge in [0, 0.05) is 68.0 Å². The van der Waals surface area contributed by atoms with E-state index in [-0.39, 0.29) is 0 Å². The van der Waals surface area contributed by atoms with E-state index in [1.807, 2.05) is 55.7 Å². The SMILES string of the molecule is Cc1ccc(C(N)=O)c(-c2ccc(N3CCN(Cc4cccnc4)CC3)nc2)c1-c1ccc(C#N)cc1. The summed E-state index contributed by atoms with van der Waals surface area (Å²) in [7, 11) is 0. The Balaban J connectivity index is 1.40. The molecule has 1 saturated heterocycles.